The normalized spacial score (nSPS) is 35.2. The van der Waals surface area contributed by atoms with Gasteiger partial charge in [0.2, 0.25) is 11.8 Å². The fraction of sp³-hybridized carbons (Fsp3) is 0.833. The molecule has 0 aromatic heterocycles. The predicted octanol–water partition coefficient (Wildman–Crippen LogP) is 2.07. The van der Waals surface area contributed by atoms with Crippen LogP contribution in [-0.4, -0.2) is 45.9 Å². The van der Waals surface area contributed by atoms with E-state index in [2.05, 4.69) is 5.32 Å². The lowest BCUT2D eigenvalue weighted by Crippen LogP contribution is -2.53. The van der Waals surface area contributed by atoms with Crippen LogP contribution in [0.25, 0.3) is 0 Å². The average Bonchev–Trinajstić information content (AvgIpc) is 3.02. The lowest BCUT2D eigenvalue weighted by molar-refractivity contribution is -0.145. The van der Waals surface area contributed by atoms with Gasteiger partial charge < -0.3 is 15.3 Å². The Bertz CT molecular complexity index is 521. The standard InChI is InChI=1S/C18H28N2O4/c21-15-10-6-4-2-1-3-5-8-13-12-18(13,17(23)24)19-16(22)14-9-7-11-20(14)15/h13-14H,1-12H2,(H,19,22)(H,23,24)/t13-,14+,18?/m1/s1. The summed E-state index contributed by atoms with van der Waals surface area (Å²) in [7, 11) is 0. The molecule has 6 nitrogen and oxygen atoms in total. The van der Waals surface area contributed by atoms with E-state index >= 15 is 0 Å². The summed E-state index contributed by atoms with van der Waals surface area (Å²) in [5.41, 5.74) is -1.09. The summed E-state index contributed by atoms with van der Waals surface area (Å²) >= 11 is 0. The van der Waals surface area contributed by atoms with E-state index in [-0.39, 0.29) is 17.7 Å². The minimum Gasteiger partial charge on any atom is -0.479 e. The molecule has 3 rings (SSSR count). The minimum atomic E-state index is -1.09. The largest absolute Gasteiger partial charge is 0.479 e. The number of aliphatic carboxylic acids is 1. The monoisotopic (exact) mass is 336 g/mol. The lowest BCUT2D eigenvalue weighted by atomic mass is 10.0. The van der Waals surface area contributed by atoms with Gasteiger partial charge in [-0.3, -0.25) is 9.59 Å². The number of nitrogens with zero attached hydrogens (tertiary/aromatic N) is 1. The maximum atomic E-state index is 12.7. The molecule has 2 heterocycles. The number of carboxylic acid groups (broad SMARTS) is 1. The first-order valence-corrected chi connectivity index (χ1v) is 9.39. The molecule has 1 unspecified atom stereocenters. The zero-order chi connectivity index (χ0) is 17.2. The molecule has 6 heteroatoms. The molecular formula is C18H28N2O4. The van der Waals surface area contributed by atoms with Gasteiger partial charge in [0.15, 0.2) is 0 Å². The molecule has 2 amide bonds. The first-order chi connectivity index (χ1) is 11.5. The molecule has 3 aliphatic rings. The molecule has 0 aromatic carbocycles. The van der Waals surface area contributed by atoms with Crippen molar-refractivity contribution < 1.29 is 19.5 Å². The first-order valence-electron chi connectivity index (χ1n) is 9.39. The second kappa shape index (κ2) is 7.11. The fourth-order valence-electron chi connectivity index (χ4n) is 4.31. The van der Waals surface area contributed by atoms with Crippen LogP contribution in [0.4, 0.5) is 0 Å². The van der Waals surface area contributed by atoms with E-state index in [1.54, 1.807) is 4.90 Å². The zero-order valence-corrected chi connectivity index (χ0v) is 14.3. The number of amides is 2. The maximum Gasteiger partial charge on any atom is 0.329 e. The van der Waals surface area contributed by atoms with Crippen molar-refractivity contribution >= 4 is 17.8 Å². The van der Waals surface area contributed by atoms with E-state index in [0.717, 1.165) is 51.4 Å². The third-order valence-electron chi connectivity index (χ3n) is 5.90. The lowest BCUT2D eigenvalue weighted by Gasteiger charge is -2.26. The third-order valence-corrected chi connectivity index (χ3v) is 5.90. The Morgan fingerprint density at radius 1 is 1.04 bits per heavy atom. The van der Waals surface area contributed by atoms with Crippen LogP contribution in [0.1, 0.15) is 70.6 Å². The van der Waals surface area contributed by atoms with E-state index in [0.29, 0.717) is 25.8 Å². The van der Waals surface area contributed by atoms with Crippen molar-refractivity contribution in [1.29, 1.82) is 0 Å². The molecule has 24 heavy (non-hydrogen) atoms. The molecule has 134 valence electrons. The van der Waals surface area contributed by atoms with Crippen molar-refractivity contribution in [2.45, 2.75) is 82.2 Å². The summed E-state index contributed by atoms with van der Waals surface area (Å²) in [5.74, 6) is -1.13. The quantitative estimate of drug-likeness (QED) is 0.767. The van der Waals surface area contributed by atoms with Crippen molar-refractivity contribution in [3.63, 3.8) is 0 Å². The number of hydrogen-bond donors (Lipinski definition) is 2. The number of carboxylic acids is 1. The zero-order valence-electron chi connectivity index (χ0n) is 14.3. The number of carbonyl (C=O) groups is 3. The molecule has 2 N–H and O–H groups in total. The van der Waals surface area contributed by atoms with Crippen molar-refractivity contribution in [1.82, 2.24) is 10.2 Å². The summed E-state index contributed by atoms with van der Waals surface area (Å²) in [6.07, 6.45) is 9.65. The molecule has 3 atom stereocenters. The van der Waals surface area contributed by atoms with Crippen molar-refractivity contribution in [2.75, 3.05) is 6.54 Å². The molecule has 0 radical (unpaired) electrons. The molecule has 2 saturated heterocycles. The summed E-state index contributed by atoms with van der Waals surface area (Å²) in [4.78, 5) is 38.5. The van der Waals surface area contributed by atoms with Crippen molar-refractivity contribution in [2.24, 2.45) is 5.92 Å². The third kappa shape index (κ3) is 3.42. The van der Waals surface area contributed by atoms with Crippen molar-refractivity contribution in [3.8, 4) is 0 Å². The number of nitrogens with one attached hydrogen (secondary N) is 1. The van der Waals surface area contributed by atoms with Gasteiger partial charge in [-0.15, -0.1) is 0 Å². The van der Waals surface area contributed by atoms with E-state index in [4.69, 9.17) is 0 Å². The Morgan fingerprint density at radius 2 is 1.75 bits per heavy atom. The number of hydrogen-bond acceptors (Lipinski definition) is 3. The Morgan fingerprint density at radius 3 is 2.50 bits per heavy atom. The average molecular weight is 336 g/mol. The first kappa shape index (κ1) is 17.2. The number of fused-ring (bicyclic) bond motifs is 2. The summed E-state index contributed by atoms with van der Waals surface area (Å²) in [6.45, 7) is 0.612. The summed E-state index contributed by atoms with van der Waals surface area (Å²) in [6, 6.07) is -0.486. The Hall–Kier alpha value is -1.59. The minimum absolute atomic E-state index is 0.0367. The van der Waals surface area contributed by atoms with Crippen LogP contribution in [0, 0.1) is 5.92 Å². The van der Waals surface area contributed by atoms with Gasteiger partial charge in [-0.2, -0.15) is 0 Å². The van der Waals surface area contributed by atoms with Gasteiger partial charge in [0.25, 0.3) is 0 Å². The van der Waals surface area contributed by atoms with Crippen LogP contribution in [0.15, 0.2) is 0 Å². The fourth-order valence-corrected chi connectivity index (χ4v) is 4.31. The SMILES string of the molecule is O=C1NC2(C(=O)O)C[C@H]2CCCCCCCCC(=O)N2CCC[C@@H]12. The smallest absolute Gasteiger partial charge is 0.329 e. The molecule has 0 bridgehead atoms. The van der Waals surface area contributed by atoms with Gasteiger partial charge in [0.1, 0.15) is 11.6 Å². The highest BCUT2D eigenvalue weighted by atomic mass is 16.4. The van der Waals surface area contributed by atoms with E-state index in [1.807, 2.05) is 0 Å². The van der Waals surface area contributed by atoms with Crippen molar-refractivity contribution in [3.05, 3.63) is 0 Å². The highest BCUT2D eigenvalue weighted by molar-refractivity contribution is 5.94. The van der Waals surface area contributed by atoms with Crippen LogP contribution in [-0.2, 0) is 14.4 Å². The summed E-state index contributed by atoms with van der Waals surface area (Å²) in [5, 5.41) is 12.4. The Labute approximate surface area is 143 Å². The highest BCUT2D eigenvalue weighted by Crippen LogP contribution is 2.47. The molecule has 1 aliphatic carbocycles. The molecular weight excluding hydrogens is 308 g/mol. The van der Waals surface area contributed by atoms with E-state index < -0.39 is 17.6 Å². The van der Waals surface area contributed by atoms with E-state index in [9.17, 15) is 19.5 Å². The van der Waals surface area contributed by atoms with Gasteiger partial charge in [-0.1, -0.05) is 32.1 Å². The van der Waals surface area contributed by atoms with Crippen LogP contribution in [0.3, 0.4) is 0 Å². The maximum absolute atomic E-state index is 12.7. The van der Waals surface area contributed by atoms with Gasteiger partial charge in [-0.25, -0.2) is 4.79 Å². The number of carbonyl (C=O) groups excluding carboxylic acids is 2. The van der Waals surface area contributed by atoms with Crippen LogP contribution in [0.2, 0.25) is 0 Å². The number of rotatable bonds is 1. The second-order valence-corrected chi connectivity index (χ2v) is 7.57. The predicted molar refractivity (Wildman–Crippen MR) is 88.3 cm³/mol. The molecule has 0 spiro atoms. The van der Waals surface area contributed by atoms with Gasteiger partial charge in [0, 0.05) is 13.0 Å². The van der Waals surface area contributed by atoms with Gasteiger partial charge >= 0.3 is 5.97 Å². The molecule has 3 fully saturated rings. The molecule has 0 aromatic rings. The molecule has 1 saturated carbocycles. The topological polar surface area (TPSA) is 86.7 Å². The highest BCUT2D eigenvalue weighted by Gasteiger charge is 2.61. The van der Waals surface area contributed by atoms with E-state index in [1.165, 1.54) is 0 Å². The Kier molecular flexibility index (Phi) is 5.11. The van der Waals surface area contributed by atoms with Crippen LogP contribution < -0.4 is 5.32 Å². The van der Waals surface area contributed by atoms with Gasteiger partial charge in [0.05, 0.1) is 0 Å². The van der Waals surface area contributed by atoms with Crippen LogP contribution >= 0.6 is 0 Å². The Balaban J connectivity index is 1.73. The van der Waals surface area contributed by atoms with Crippen LogP contribution in [0.5, 0.6) is 0 Å². The summed E-state index contributed by atoms with van der Waals surface area (Å²) < 4.78 is 0. The van der Waals surface area contributed by atoms with Gasteiger partial charge in [-0.05, 0) is 38.0 Å². The second-order valence-electron chi connectivity index (χ2n) is 7.57. The molecule has 2 aliphatic heterocycles.